The number of rotatable bonds is 3. The largest absolute Gasteiger partial charge is 0.454 e. The first-order chi connectivity index (χ1) is 6.42. The molecular formula is C11H14O2. The summed E-state index contributed by atoms with van der Waals surface area (Å²) in [5.41, 5.74) is 1.27. The minimum atomic E-state index is 0.373. The molecule has 0 N–H and O–H groups in total. The Morgan fingerprint density at radius 2 is 2.23 bits per heavy atom. The molecule has 0 saturated carbocycles. The first-order valence-corrected chi connectivity index (χ1v) is 4.79. The molecule has 0 radical (unpaired) electrons. The maximum Gasteiger partial charge on any atom is 0.231 e. The van der Waals surface area contributed by atoms with E-state index in [2.05, 4.69) is 13.0 Å². The third-order valence-electron chi connectivity index (χ3n) is 2.28. The lowest BCUT2D eigenvalue weighted by molar-refractivity contribution is 0.173. The van der Waals surface area contributed by atoms with E-state index in [9.17, 15) is 0 Å². The van der Waals surface area contributed by atoms with E-state index in [0.29, 0.717) is 6.79 Å². The van der Waals surface area contributed by atoms with Gasteiger partial charge in [0.2, 0.25) is 6.79 Å². The molecule has 0 amide bonds. The molecule has 1 aromatic rings. The van der Waals surface area contributed by atoms with Gasteiger partial charge in [-0.15, -0.1) is 0 Å². The maximum absolute atomic E-state index is 5.40. The van der Waals surface area contributed by atoms with Crippen LogP contribution < -0.4 is 9.47 Å². The van der Waals surface area contributed by atoms with Crippen molar-refractivity contribution in [3.63, 3.8) is 0 Å². The van der Waals surface area contributed by atoms with Gasteiger partial charge < -0.3 is 9.47 Å². The summed E-state index contributed by atoms with van der Waals surface area (Å²) in [5.74, 6) is 1.85. The van der Waals surface area contributed by atoms with Crippen LogP contribution >= 0.6 is 0 Å². The van der Waals surface area contributed by atoms with Crippen molar-refractivity contribution in [3.8, 4) is 11.5 Å². The van der Waals surface area contributed by atoms with Gasteiger partial charge in [-0.2, -0.15) is 0 Å². The Kier molecular flexibility index (Phi) is 2.39. The molecule has 0 spiro atoms. The Morgan fingerprint density at radius 1 is 1.31 bits per heavy atom. The average Bonchev–Trinajstić information content (AvgIpc) is 2.62. The van der Waals surface area contributed by atoms with Gasteiger partial charge in [-0.25, -0.2) is 0 Å². The van der Waals surface area contributed by atoms with Gasteiger partial charge in [-0.3, -0.25) is 0 Å². The van der Waals surface area contributed by atoms with Crippen molar-refractivity contribution >= 4 is 0 Å². The highest BCUT2D eigenvalue weighted by atomic mass is 16.7. The first kappa shape index (κ1) is 8.42. The fraction of sp³-hybridized carbons (Fsp3) is 0.455. The highest BCUT2D eigenvalue weighted by molar-refractivity contribution is 5.48. The van der Waals surface area contributed by atoms with Crippen molar-refractivity contribution in [2.24, 2.45) is 0 Å². The minimum absolute atomic E-state index is 0.373. The van der Waals surface area contributed by atoms with Crippen LogP contribution in [0.1, 0.15) is 25.3 Å². The summed E-state index contributed by atoms with van der Waals surface area (Å²) in [7, 11) is 0. The zero-order chi connectivity index (χ0) is 9.10. The second-order valence-electron chi connectivity index (χ2n) is 3.25. The lowest BCUT2D eigenvalue weighted by Gasteiger charge is -2.03. The number of ether oxygens (including phenoxy) is 2. The zero-order valence-electron chi connectivity index (χ0n) is 7.88. The molecular weight excluding hydrogens is 164 g/mol. The number of unbranched alkanes of at least 4 members (excludes halogenated alkanes) is 1. The quantitative estimate of drug-likeness (QED) is 0.708. The molecule has 0 aliphatic carbocycles. The van der Waals surface area contributed by atoms with E-state index in [1.807, 2.05) is 12.1 Å². The highest BCUT2D eigenvalue weighted by Gasteiger charge is 2.16. The van der Waals surface area contributed by atoms with Crippen molar-refractivity contribution in [2.45, 2.75) is 26.2 Å². The predicted octanol–water partition coefficient (Wildman–Crippen LogP) is 2.76. The number of hydrogen-bond acceptors (Lipinski definition) is 2. The fourth-order valence-electron chi connectivity index (χ4n) is 1.55. The summed E-state index contributed by atoms with van der Waals surface area (Å²) in [6.45, 7) is 2.57. The third-order valence-corrected chi connectivity index (χ3v) is 2.28. The Bertz CT molecular complexity index is 294. The highest BCUT2D eigenvalue weighted by Crippen LogP contribution is 2.35. The number of aryl methyl sites for hydroxylation is 1. The molecule has 0 unspecified atom stereocenters. The lowest BCUT2D eigenvalue weighted by atomic mass is 10.1. The predicted molar refractivity (Wildman–Crippen MR) is 51.2 cm³/mol. The van der Waals surface area contributed by atoms with Crippen LogP contribution in [0, 0.1) is 0 Å². The Morgan fingerprint density at radius 3 is 3.08 bits per heavy atom. The Balaban J connectivity index is 2.20. The molecule has 0 aromatic heterocycles. The van der Waals surface area contributed by atoms with Crippen LogP contribution in [0.2, 0.25) is 0 Å². The summed E-state index contributed by atoms with van der Waals surface area (Å²) in [4.78, 5) is 0. The molecule has 1 aliphatic rings. The van der Waals surface area contributed by atoms with Crippen LogP contribution in [-0.2, 0) is 6.42 Å². The molecule has 70 valence electrons. The van der Waals surface area contributed by atoms with Gasteiger partial charge in [0.15, 0.2) is 11.5 Å². The lowest BCUT2D eigenvalue weighted by Crippen LogP contribution is -1.94. The third kappa shape index (κ3) is 1.62. The van der Waals surface area contributed by atoms with Crippen LogP contribution in [0.25, 0.3) is 0 Å². The molecule has 0 saturated heterocycles. The van der Waals surface area contributed by atoms with E-state index in [0.717, 1.165) is 17.9 Å². The second kappa shape index (κ2) is 3.69. The normalized spacial score (nSPS) is 13.3. The maximum atomic E-state index is 5.40. The smallest absolute Gasteiger partial charge is 0.231 e. The van der Waals surface area contributed by atoms with Crippen LogP contribution in [-0.4, -0.2) is 6.79 Å². The monoisotopic (exact) mass is 178 g/mol. The van der Waals surface area contributed by atoms with Gasteiger partial charge in [0, 0.05) is 0 Å². The molecule has 2 heteroatoms. The molecule has 1 aromatic carbocycles. The topological polar surface area (TPSA) is 18.5 Å². The summed E-state index contributed by atoms with van der Waals surface area (Å²) in [6.07, 6.45) is 3.51. The van der Waals surface area contributed by atoms with Crippen LogP contribution in [0.3, 0.4) is 0 Å². The summed E-state index contributed by atoms with van der Waals surface area (Å²) < 4.78 is 10.7. The molecule has 0 bridgehead atoms. The van der Waals surface area contributed by atoms with Crippen molar-refractivity contribution in [1.29, 1.82) is 0 Å². The van der Waals surface area contributed by atoms with Crippen molar-refractivity contribution in [1.82, 2.24) is 0 Å². The standard InChI is InChI=1S/C11H14O2/c1-2-3-5-9-6-4-7-10-11(9)13-8-12-10/h4,6-7H,2-3,5,8H2,1H3. The molecule has 1 aliphatic heterocycles. The van der Waals surface area contributed by atoms with E-state index < -0.39 is 0 Å². The van der Waals surface area contributed by atoms with Gasteiger partial charge in [0.05, 0.1) is 0 Å². The number of benzene rings is 1. The molecule has 0 atom stereocenters. The SMILES string of the molecule is CCCCc1cccc2c1OCO2. The molecule has 2 rings (SSSR count). The van der Waals surface area contributed by atoms with Gasteiger partial charge in [-0.1, -0.05) is 25.5 Å². The summed E-state index contributed by atoms with van der Waals surface area (Å²) >= 11 is 0. The molecule has 2 nitrogen and oxygen atoms in total. The fourth-order valence-corrected chi connectivity index (χ4v) is 1.55. The van der Waals surface area contributed by atoms with E-state index in [1.54, 1.807) is 0 Å². The van der Waals surface area contributed by atoms with Gasteiger partial charge in [0.1, 0.15) is 0 Å². The van der Waals surface area contributed by atoms with Crippen molar-refractivity contribution < 1.29 is 9.47 Å². The van der Waals surface area contributed by atoms with E-state index in [4.69, 9.17) is 9.47 Å². The van der Waals surface area contributed by atoms with Crippen molar-refractivity contribution in [2.75, 3.05) is 6.79 Å². The second-order valence-corrected chi connectivity index (χ2v) is 3.25. The molecule has 13 heavy (non-hydrogen) atoms. The van der Waals surface area contributed by atoms with E-state index in [-0.39, 0.29) is 0 Å². The zero-order valence-corrected chi connectivity index (χ0v) is 7.88. The van der Waals surface area contributed by atoms with Crippen LogP contribution in [0.5, 0.6) is 11.5 Å². The number of hydrogen-bond donors (Lipinski definition) is 0. The van der Waals surface area contributed by atoms with Gasteiger partial charge in [-0.05, 0) is 24.5 Å². The Labute approximate surface area is 78.5 Å². The average molecular weight is 178 g/mol. The van der Waals surface area contributed by atoms with E-state index in [1.165, 1.54) is 18.4 Å². The minimum Gasteiger partial charge on any atom is -0.454 e. The van der Waals surface area contributed by atoms with Gasteiger partial charge in [0.25, 0.3) is 0 Å². The summed E-state index contributed by atoms with van der Waals surface area (Å²) in [6, 6.07) is 6.10. The van der Waals surface area contributed by atoms with Crippen LogP contribution in [0.15, 0.2) is 18.2 Å². The number of fused-ring (bicyclic) bond motifs is 1. The molecule has 1 heterocycles. The number of para-hydroxylation sites is 1. The van der Waals surface area contributed by atoms with E-state index >= 15 is 0 Å². The van der Waals surface area contributed by atoms with Crippen molar-refractivity contribution in [3.05, 3.63) is 23.8 Å². The first-order valence-electron chi connectivity index (χ1n) is 4.79. The van der Waals surface area contributed by atoms with Gasteiger partial charge >= 0.3 is 0 Å². The molecule has 0 fully saturated rings. The summed E-state index contributed by atoms with van der Waals surface area (Å²) in [5, 5.41) is 0. The van der Waals surface area contributed by atoms with Crippen LogP contribution in [0.4, 0.5) is 0 Å². The Hall–Kier alpha value is -1.18.